The molecule has 1 N–H and O–H groups in total. The number of rotatable bonds is 5. The number of hydrogen-bond donors (Lipinski definition) is 1. The minimum Gasteiger partial charge on any atom is -0.378 e. The highest BCUT2D eigenvalue weighted by atomic mass is 32.1. The van der Waals surface area contributed by atoms with E-state index in [2.05, 4.69) is 15.2 Å². The van der Waals surface area contributed by atoms with Crippen LogP contribution in [0.3, 0.4) is 0 Å². The molecule has 0 saturated carbocycles. The van der Waals surface area contributed by atoms with E-state index in [-0.39, 0.29) is 18.2 Å². The van der Waals surface area contributed by atoms with Crippen molar-refractivity contribution in [1.29, 1.82) is 0 Å². The largest absolute Gasteiger partial charge is 0.378 e. The second kappa shape index (κ2) is 8.29. The van der Waals surface area contributed by atoms with E-state index >= 15 is 0 Å². The first-order chi connectivity index (χ1) is 14.7. The molecule has 2 aromatic heterocycles. The SMILES string of the molecule is O=C(Cc1csc(N2CCCC2=O)n1)Nc1ccc2nc(N3CCOCC3)sc2c1. The Morgan fingerprint density at radius 3 is 2.83 bits per heavy atom. The summed E-state index contributed by atoms with van der Waals surface area (Å²) in [6.45, 7) is 3.85. The summed E-state index contributed by atoms with van der Waals surface area (Å²) in [5, 5.41) is 6.47. The lowest BCUT2D eigenvalue weighted by Crippen LogP contribution is -2.36. The molecule has 1 aromatic carbocycles. The van der Waals surface area contributed by atoms with Gasteiger partial charge in [0.1, 0.15) is 0 Å². The molecule has 156 valence electrons. The van der Waals surface area contributed by atoms with Gasteiger partial charge in [0.15, 0.2) is 10.3 Å². The number of nitrogens with zero attached hydrogens (tertiary/aromatic N) is 4. The molecule has 0 atom stereocenters. The lowest BCUT2D eigenvalue weighted by molar-refractivity contribution is -0.117. The van der Waals surface area contributed by atoms with Crippen molar-refractivity contribution in [1.82, 2.24) is 9.97 Å². The summed E-state index contributed by atoms with van der Waals surface area (Å²) < 4.78 is 6.45. The molecule has 0 bridgehead atoms. The number of fused-ring (bicyclic) bond motifs is 1. The molecule has 30 heavy (non-hydrogen) atoms. The number of nitrogens with one attached hydrogen (secondary N) is 1. The molecule has 0 unspecified atom stereocenters. The molecule has 4 heterocycles. The molecular weight excluding hydrogens is 422 g/mol. The highest BCUT2D eigenvalue weighted by Crippen LogP contribution is 2.31. The molecular formula is C20H21N5O3S2. The number of thiazole rings is 2. The van der Waals surface area contributed by atoms with Gasteiger partial charge in [0, 0.05) is 37.1 Å². The molecule has 2 aliphatic heterocycles. The number of benzene rings is 1. The Hall–Kier alpha value is -2.56. The van der Waals surface area contributed by atoms with Crippen LogP contribution in [0.1, 0.15) is 18.5 Å². The average Bonchev–Trinajstić information content (AvgIpc) is 3.47. The van der Waals surface area contributed by atoms with Crippen molar-refractivity contribution in [3.05, 3.63) is 29.3 Å². The summed E-state index contributed by atoms with van der Waals surface area (Å²) in [6, 6.07) is 5.77. The van der Waals surface area contributed by atoms with E-state index in [9.17, 15) is 9.59 Å². The fourth-order valence-electron chi connectivity index (χ4n) is 3.60. The number of morpholine rings is 1. The third-order valence-corrected chi connectivity index (χ3v) is 7.12. The predicted molar refractivity (Wildman–Crippen MR) is 119 cm³/mol. The predicted octanol–water partition coefficient (Wildman–Crippen LogP) is 2.90. The van der Waals surface area contributed by atoms with Gasteiger partial charge in [-0.3, -0.25) is 14.5 Å². The molecule has 5 rings (SSSR count). The summed E-state index contributed by atoms with van der Waals surface area (Å²) in [5.41, 5.74) is 2.36. The summed E-state index contributed by atoms with van der Waals surface area (Å²) in [4.78, 5) is 37.5. The zero-order chi connectivity index (χ0) is 20.5. The van der Waals surface area contributed by atoms with Crippen molar-refractivity contribution in [3.8, 4) is 0 Å². The molecule has 0 spiro atoms. The van der Waals surface area contributed by atoms with Crippen LogP contribution in [0.25, 0.3) is 10.2 Å². The fraction of sp³-hybridized carbons (Fsp3) is 0.400. The Morgan fingerprint density at radius 1 is 1.17 bits per heavy atom. The topological polar surface area (TPSA) is 87.7 Å². The molecule has 8 nitrogen and oxygen atoms in total. The number of carbonyl (C=O) groups excluding carboxylic acids is 2. The zero-order valence-electron chi connectivity index (χ0n) is 16.3. The summed E-state index contributed by atoms with van der Waals surface area (Å²) >= 11 is 3.04. The Morgan fingerprint density at radius 2 is 2.03 bits per heavy atom. The second-order valence-electron chi connectivity index (χ2n) is 7.27. The maximum atomic E-state index is 12.5. The van der Waals surface area contributed by atoms with Gasteiger partial charge in [0.2, 0.25) is 11.8 Å². The second-order valence-corrected chi connectivity index (χ2v) is 9.12. The maximum absolute atomic E-state index is 12.5. The molecule has 2 amide bonds. The van der Waals surface area contributed by atoms with Gasteiger partial charge in [-0.15, -0.1) is 11.3 Å². The average molecular weight is 444 g/mol. The summed E-state index contributed by atoms with van der Waals surface area (Å²) in [6.07, 6.45) is 1.61. The normalized spacial score (nSPS) is 17.1. The Bertz CT molecular complexity index is 1090. The van der Waals surface area contributed by atoms with Gasteiger partial charge >= 0.3 is 0 Å². The first-order valence-electron chi connectivity index (χ1n) is 9.93. The van der Waals surface area contributed by atoms with Gasteiger partial charge in [-0.1, -0.05) is 11.3 Å². The minimum atomic E-state index is -0.128. The molecule has 2 aliphatic rings. The van der Waals surface area contributed by atoms with Crippen LogP contribution in [0.2, 0.25) is 0 Å². The molecule has 3 aromatic rings. The van der Waals surface area contributed by atoms with Crippen LogP contribution in [0.5, 0.6) is 0 Å². The summed E-state index contributed by atoms with van der Waals surface area (Å²) in [5.74, 6) is -0.0217. The van der Waals surface area contributed by atoms with Crippen LogP contribution in [0.15, 0.2) is 23.6 Å². The van der Waals surface area contributed by atoms with Crippen LogP contribution in [0.4, 0.5) is 16.0 Å². The van der Waals surface area contributed by atoms with Crippen molar-refractivity contribution in [2.75, 3.05) is 48.0 Å². The van der Waals surface area contributed by atoms with Crippen LogP contribution >= 0.6 is 22.7 Å². The van der Waals surface area contributed by atoms with Gasteiger partial charge < -0.3 is 15.0 Å². The number of amides is 2. The molecule has 10 heteroatoms. The van der Waals surface area contributed by atoms with Gasteiger partial charge in [-0.2, -0.15) is 0 Å². The van der Waals surface area contributed by atoms with E-state index in [4.69, 9.17) is 9.72 Å². The third kappa shape index (κ3) is 4.03. The highest BCUT2D eigenvalue weighted by Gasteiger charge is 2.24. The first kappa shape index (κ1) is 19.4. The Balaban J connectivity index is 1.24. The number of hydrogen-bond acceptors (Lipinski definition) is 8. The number of aromatic nitrogens is 2. The van der Waals surface area contributed by atoms with E-state index in [0.717, 1.165) is 53.8 Å². The van der Waals surface area contributed by atoms with E-state index in [1.807, 2.05) is 23.6 Å². The molecule has 0 radical (unpaired) electrons. The van der Waals surface area contributed by atoms with Crippen molar-refractivity contribution in [2.45, 2.75) is 19.3 Å². The monoisotopic (exact) mass is 443 g/mol. The van der Waals surface area contributed by atoms with E-state index < -0.39 is 0 Å². The van der Waals surface area contributed by atoms with Crippen molar-refractivity contribution in [2.24, 2.45) is 0 Å². The lowest BCUT2D eigenvalue weighted by atomic mass is 10.2. The van der Waals surface area contributed by atoms with Crippen molar-refractivity contribution >= 4 is 60.7 Å². The van der Waals surface area contributed by atoms with Crippen LogP contribution in [-0.4, -0.2) is 54.6 Å². The van der Waals surface area contributed by atoms with Gasteiger partial charge in [-0.25, -0.2) is 9.97 Å². The molecule has 2 fully saturated rings. The standard InChI is InChI=1S/C20H21N5O3S2/c26-17(11-14-12-29-20(22-14)25-5-1-2-18(25)27)21-13-3-4-15-16(10-13)30-19(23-15)24-6-8-28-9-7-24/h3-4,10,12H,1-2,5-9,11H2,(H,21,26). The van der Waals surface area contributed by atoms with Crippen LogP contribution in [0, 0.1) is 0 Å². The quantitative estimate of drug-likeness (QED) is 0.652. The van der Waals surface area contributed by atoms with E-state index in [1.54, 1.807) is 16.2 Å². The maximum Gasteiger partial charge on any atom is 0.230 e. The fourth-order valence-corrected chi connectivity index (χ4v) is 5.53. The van der Waals surface area contributed by atoms with Gasteiger partial charge in [-0.05, 0) is 24.6 Å². The first-order valence-corrected chi connectivity index (χ1v) is 11.6. The highest BCUT2D eigenvalue weighted by molar-refractivity contribution is 7.22. The van der Waals surface area contributed by atoms with Gasteiger partial charge in [0.25, 0.3) is 0 Å². The minimum absolute atomic E-state index is 0.106. The smallest absolute Gasteiger partial charge is 0.230 e. The van der Waals surface area contributed by atoms with Crippen LogP contribution < -0.4 is 15.1 Å². The van der Waals surface area contributed by atoms with E-state index in [1.165, 1.54) is 11.3 Å². The number of carbonyl (C=O) groups is 2. The Kier molecular flexibility index (Phi) is 5.36. The molecule has 2 saturated heterocycles. The summed E-state index contributed by atoms with van der Waals surface area (Å²) in [7, 11) is 0. The zero-order valence-corrected chi connectivity index (χ0v) is 17.9. The van der Waals surface area contributed by atoms with Crippen LogP contribution in [-0.2, 0) is 20.7 Å². The van der Waals surface area contributed by atoms with Gasteiger partial charge in [0.05, 0.1) is 35.5 Å². The van der Waals surface area contributed by atoms with E-state index in [0.29, 0.717) is 23.8 Å². The third-order valence-electron chi connectivity index (χ3n) is 5.13. The number of ether oxygens (including phenoxy) is 1. The number of anilines is 3. The van der Waals surface area contributed by atoms with Crippen molar-refractivity contribution in [3.63, 3.8) is 0 Å². The molecule has 0 aliphatic carbocycles. The lowest BCUT2D eigenvalue weighted by Gasteiger charge is -2.25. The van der Waals surface area contributed by atoms with Crippen molar-refractivity contribution < 1.29 is 14.3 Å². The Labute approximate surface area is 181 Å².